The summed E-state index contributed by atoms with van der Waals surface area (Å²) < 4.78 is 0. The molecule has 2 aromatic rings. The van der Waals surface area contributed by atoms with Crippen LogP contribution in [0.15, 0.2) is 54.9 Å². The molecule has 0 saturated carbocycles. The third-order valence-corrected chi connectivity index (χ3v) is 4.22. The van der Waals surface area contributed by atoms with E-state index in [-0.39, 0.29) is 17.9 Å². The molecule has 1 aromatic carbocycles. The molecule has 0 aliphatic rings. The smallest absolute Gasteiger partial charge is 0.228 e. The first-order chi connectivity index (χ1) is 10.6. The van der Waals surface area contributed by atoms with Crippen LogP contribution in [0, 0.1) is 5.92 Å². The molecule has 0 saturated heterocycles. The molecule has 0 aliphatic carbocycles. The number of pyridine rings is 1. The van der Waals surface area contributed by atoms with E-state index in [0.717, 1.165) is 17.5 Å². The van der Waals surface area contributed by atoms with Gasteiger partial charge in [-0.15, -0.1) is 0 Å². The number of nitrogens with one attached hydrogen (secondary N) is 1. The Bertz CT molecular complexity index is 583. The first kappa shape index (κ1) is 16.2. The second-order valence-electron chi connectivity index (χ2n) is 5.78. The maximum absolute atomic E-state index is 12.8. The molecule has 0 radical (unpaired) electrons. The zero-order chi connectivity index (χ0) is 15.9. The molecule has 3 unspecified atom stereocenters. The van der Waals surface area contributed by atoms with Crippen molar-refractivity contribution in [2.24, 2.45) is 5.92 Å². The van der Waals surface area contributed by atoms with Gasteiger partial charge in [0.15, 0.2) is 0 Å². The lowest BCUT2D eigenvalue weighted by molar-refractivity contribution is -0.124. The van der Waals surface area contributed by atoms with E-state index in [1.54, 1.807) is 12.4 Å². The summed E-state index contributed by atoms with van der Waals surface area (Å²) in [5.41, 5.74) is 2.15. The Morgan fingerprint density at radius 2 is 1.68 bits per heavy atom. The van der Waals surface area contributed by atoms with Gasteiger partial charge in [0.2, 0.25) is 5.91 Å². The van der Waals surface area contributed by atoms with E-state index in [9.17, 15) is 4.79 Å². The van der Waals surface area contributed by atoms with Gasteiger partial charge in [0.1, 0.15) is 0 Å². The van der Waals surface area contributed by atoms with E-state index in [1.807, 2.05) is 49.4 Å². The van der Waals surface area contributed by atoms with E-state index in [2.05, 4.69) is 24.1 Å². The molecule has 3 nitrogen and oxygen atoms in total. The Kier molecular flexibility index (Phi) is 5.70. The minimum absolute atomic E-state index is 0.0224. The maximum Gasteiger partial charge on any atom is 0.228 e. The van der Waals surface area contributed by atoms with Crippen LogP contribution in [-0.4, -0.2) is 10.9 Å². The van der Waals surface area contributed by atoms with E-state index < -0.39 is 0 Å². The zero-order valence-electron chi connectivity index (χ0n) is 13.5. The molecule has 3 heteroatoms. The van der Waals surface area contributed by atoms with Crippen molar-refractivity contribution in [3.63, 3.8) is 0 Å². The van der Waals surface area contributed by atoms with Crippen molar-refractivity contribution >= 4 is 5.91 Å². The molecule has 2 rings (SSSR count). The molecular weight excluding hydrogens is 272 g/mol. The topological polar surface area (TPSA) is 42.0 Å². The number of hydrogen-bond acceptors (Lipinski definition) is 2. The fourth-order valence-corrected chi connectivity index (χ4v) is 2.67. The summed E-state index contributed by atoms with van der Waals surface area (Å²) in [6, 6.07) is 13.9. The van der Waals surface area contributed by atoms with E-state index in [0.29, 0.717) is 5.92 Å². The molecule has 1 N–H and O–H groups in total. The van der Waals surface area contributed by atoms with Crippen LogP contribution in [0.5, 0.6) is 0 Å². The molecule has 22 heavy (non-hydrogen) atoms. The highest BCUT2D eigenvalue weighted by Gasteiger charge is 2.26. The lowest BCUT2D eigenvalue weighted by Gasteiger charge is -2.25. The molecular formula is C19H24N2O. The minimum atomic E-state index is -0.115. The Balaban J connectivity index is 2.16. The average Bonchev–Trinajstić information content (AvgIpc) is 2.56. The third-order valence-electron chi connectivity index (χ3n) is 4.22. The molecule has 0 aliphatic heterocycles. The van der Waals surface area contributed by atoms with Gasteiger partial charge < -0.3 is 5.32 Å². The average molecular weight is 296 g/mol. The molecule has 3 atom stereocenters. The standard InChI is InChI=1S/C19H24N2O/c1-4-14(2)18(17-8-6-5-7-9-17)19(22)21-15(3)16-10-12-20-13-11-16/h5-15,18H,4H2,1-3H3,(H,21,22). The second-order valence-corrected chi connectivity index (χ2v) is 5.78. The quantitative estimate of drug-likeness (QED) is 0.872. The normalized spacial score (nSPS) is 14.9. The fourth-order valence-electron chi connectivity index (χ4n) is 2.67. The molecule has 0 fully saturated rings. The number of benzene rings is 1. The van der Waals surface area contributed by atoms with Crippen molar-refractivity contribution < 1.29 is 4.79 Å². The fraction of sp³-hybridized carbons (Fsp3) is 0.368. The molecule has 1 heterocycles. The second kappa shape index (κ2) is 7.74. The van der Waals surface area contributed by atoms with Gasteiger partial charge in [-0.3, -0.25) is 9.78 Å². The number of carbonyl (C=O) groups is 1. The van der Waals surface area contributed by atoms with Gasteiger partial charge in [-0.05, 0) is 36.1 Å². The van der Waals surface area contributed by atoms with Crippen LogP contribution < -0.4 is 5.32 Å². The van der Waals surface area contributed by atoms with Crippen molar-refractivity contribution in [2.75, 3.05) is 0 Å². The lowest BCUT2D eigenvalue weighted by atomic mass is 9.84. The molecule has 1 aromatic heterocycles. The monoisotopic (exact) mass is 296 g/mol. The van der Waals surface area contributed by atoms with E-state index >= 15 is 0 Å². The van der Waals surface area contributed by atoms with Crippen molar-refractivity contribution in [2.45, 2.75) is 39.2 Å². The Morgan fingerprint density at radius 3 is 2.27 bits per heavy atom. The van der Waals surface area contributed by atoms with Gasteiger partial charge in [0.05, 0.1) is 12.0 Å². The predicted molar refractivity (Wildman–Crippen MR) is 89.4 cm³/mol. The number of aromatic nitrogens is 1. The Labute approximate surface area is 132 Å². The Morgan fingerprint density at radius 1 is 1.05 bits per heavy atom. The summed E-state index contributed by atoms with van der Waals surface area (Å²) in [7, 11) is 0. The summed E-state index contributed by atoms with van der Waals surface area (Å²) in [5.74, 6) is 0.271. The number of rotatable bonds is 6. The van der Waals surface area contributed by atoms with Crippen LogP contribution in [0.2, 0.25) is 0 Å². The molecule has 1 amide bonds. The van der Waals surface area contributed by atoms with Gasteiger partial charge in [-0.25, -0.2) is 0 Å². The lowest BCUT2D eigenvalue weighted by Crippen LogP contribution is -2.34. The maximum atomic E-state index is 12.8. The van der Waals surface area contributed by atoms with E-state index in [4.69, 9.17) is 0 Å². The highest BCUT2D eigenvalue weighted by molar-refractivity contribution is 5.84. The van der Waals surface area contributed by atoms with Gasteiger partial charge in [0.25, 0.3) is 0 Å². The van der Waals surface area contributed by atoms with Gasteiger partial charge in [0, 0.05) is 12.4 Å². The first-order valence-corrected chi connectivity index (χ1v) is 7.88. The van der Waals surface area contributed by atoms with Crippen molar-refractivity contribution in [1.82, 2.24) is 10.3 Å². The SMILES string of the molecule is CCC(C)C(C(=O)NC(C)c1ccncc1)c1ccccc1. The van der Waals surface area contributed by atoms with Gasteiger partial charge in [-0.1, -0.05) is 50.6 Å². The summed E-state index contributed by atoms with van der Waals surface area (Å²) >= 11 is 0. The van der Waals surface area contributed by atoms with Crippen molar-refractivity contribution in [3.8, 4) is 0 Å². The van der Waals surface area contributed by atoms with Crippen molar-refractivity contribution in [1.29, 1.82) is 0 Å². The summed E-state index contributed by atoms with van der Waals surface area (Å²) in [4.78, 5) is 16.8. The largest absolute Gasteiger partial charge is 0.349 e. The predicted octanol–water partition coefficient (Wildman–Crippen LogP) is 4.09. The summed E-state index contributed by atoms with van der Waals surface area (Å²) in [5, 5.41) is 3.14. The molecule has 0 bridgehead atoms. The zero-order valence-corrected chi connectivity index (χ0v) is 13.5. The summed E-state index contributed by atoms with van der Waals surface area (Å²) in [6.45, 7) is 6.26. The van der Waals surface area contributed by atoms with Crippen molar-refractivity contribution in [3.05, 3.63) is 66.0 Å². The van der Waals surface area contributed by atoms with Crippen LogP contribution in [0.4, 0.5) is 0 Å². The highest BCUT2D eigenvalue weighted by atomic mass is 16.1. The number of amides is 1. The van der Waals surface area contributed by atoms with Crippen LogP contribution in [0.3, 0.4) is 0 Å². The minimum Gasteiger partial charge on any atom is -0.349 e. The molecule has 116 valence electrons. The van der Waals surface area contributed by atoms with Crippen LogP contribution in [0.25, 0.3) is 0 Å². The number of hydrogen-bond donors (Lipinski definition) is 1. The summed E-state index contributed by atoms with van der Waals surface area (Å²) in [6.07, 6.45) is 4.47. The van der Waals surface area contributed by atoms with Gasteiger partial charge in [-0.2, -0.15) is 0 Å². The molecule has 0 spiro atoms. The van der Waals surface area contributed by atoms with Gasteiger partial charge >= 0.3 is 0 Å². The van der Waals surface area contributed by atoms with Crippen LogP contribution in [0.1, 0.15) is 50.3 Å². The van der Waals surface area contributed by atoms with E-state index in [1.165, 1.54) is 0 Å². The first-order valence-electron chi connectivity index (χ1n) is 7.88. The number of carbonyl (C=O) groups excluding carboxylic acids is 1. The van der Waals surface area contributed by atoms with Crippen LogP contribution >= 0.6 is 0 Å². The van der Waals surface area contributed by atoms with Crippen LogP contribution in [-0.2, 0) is 4.79 Å². The Hall–Kier alpha value is -2.16. The third kappa shape index (κ3) is 3.94. The highest BCUT2D eigenvalue weighted by Crippen LogP contribution is 2.28. The number of nitrogens with zero attached hydrogens (tertiary/aromatic N) is 1.